The molecular weight excluding hydrogens is 324 g/mol. The molecule has 0 unspecified atom stereocenters. The Bertz CT molecular complexity index is 647. The van der Waals surface area contributed by atoms with Crippen LogP contribution in [0.15, 0.2) is 24.3 Å². The van der Waals surface area contributed by atoms with Crippen molar-refractivity contribution >= 4 is 23.3 Å². The number of hydrogen-bond donors (Lipinski definition) is 2. The van der Waals surface area contributed by atoms with Gasteiger partial charge in [-0.3, -0.25) is 14.9 Å². The predicted octanol–water partition coefficient (Wildman–Crippen LogP) is 2.75. The van der Waals surface area contributed by atoms with E-state index in [4.69, 9.17) is 0 Å². The van der Waals surface area contributed by atoms with E-state index in [1.54, 1.807) is 6.07 Å². The fourth-order valence-corrected chi connectivity index (χ4v) is 2.81. The van der Waals surface area contributed by atoms with Crippen LogP contribution in [0.2, 0.25) is 0 Å². The molecule has 1 fully saturated rings. The van der Waals surface area contributed by atoms with E-state index in [2.05, 4.69) is 24.5 Å². The second kappa shape index (κ2) is 8.46. The number of nitro groups is 1. The van der Waals surface area contributed by atoms with Gasteiger partial charge in [0.2, 0.25) is 5.91 Å². The predicted molar refractivity (Wildman–Crippen MR) is 94.3 cm³/mol. The maximum absolute atomic E-state index is 12.5. The van der Waals surface area contributed by atoms with Crippen molar-refractivity contribution in [2.24, 2.45) is 5.92 Å². The van der Waals surface area contributed by atoms with Gasteiger partial charge in [0.15, 0.2) is 0 Å². The number of nitro benzene ring substituents is 1. The van der Waals surface area contributed by atoms with Crippen LogP contribution in [-0.2, 0) is 4.79 Å². The summed E-state index contributed by atoms with van der Waals surface area (Å²) in [4.78, 5) is 36.8. The lowest BCUT2D eigenvalue weighted by atomic mass is 10.1. The van der Waals surface area contributed by atoms with Crippen molar-refractivity contribution in [3.05, 3.63) is 34.4 Å². The number of urea groups is 1. The maximum atomic E-state index is 12.5. The number of carbonyl (C=O) groups is 2. The summed E-state index contributed by atoms with van der Waals surface area (Å²) >= 11 is 0. The Kier molecular flexibility index (Phi) is 6.32. The molecule has 0 aliphatic carbocycles. The summed E-state index contributed by atoms with van der Waals surface area (Å²) in [6.45, 7) is 5.18. The third-order valence-corrected chi connectivity index (χ3v) is 4.18. The molecular formula is C17H24N4O4. The van der Waals surface area contributed by atoms with Crippen molar-refractivity contribution in [2.75, 3.05) is 18.4 Å². The molecule has 136 valence electrons. The second-order valence-corrected chi connectivity index (χ2v) is 6.53. The van der Waals surface area contributed by atoms with Gasteiger partial charge in [0.1, 0.15) is 11.7 Å². The molecule has 0 saturated carbocycles. The van der Waals surface area contributed by atoms with Crippen LogP contribution < -0.4 is 10.6 Å². The quantitative estimate of drug-likeness (QED) is 0.609. The van der Waals surface area contributed by atoms with Crippen molar-refractivity contribution in [3.63, 3.8) is 0 Å². The highest BCUT2D eigenvalue weighted by atomic mass is 16.6. The summed E-state index contributed by atoms with van der Waals surface area (Å²) in [6.07, 6.45) is 2.20. The normalized spacial score (nSPS) is 16.8. The minimum Gasteiger partial charge on any atom is -0.354 e. The zero-order valence-corrected chi connectivity index (χ0v) is 14.5. The first-order valence-electron chi connectivity index (χ1n) is 8.49. The fraction of sp³-hybridized carbons (Fsp3) is 0.529. The molecule has 1 saturated heterocycles. The zero-order valence-electron chi connectivity index (χ0n) is 14.5. The van der Waals surface area contributed by atoms with Gasteiger partial charge < -0.3 is 15.5 Å². The smallest absolute Gasteiger partial charge is 0.322 e. The van der Waals surface area contributed by atoms with Gasteiger partial charge in [0.05, 0.1) is 4.92 Å². The van der Waals surface area contributed by atoms with Crippen LogP contribution in [-0.4, -0.2) is 40.9 Å². The molecule has 2 N–H and O–H groups in total. The number of benzene rings is 1. The number of likely N-dealkylation sites (tertiary alicyclic amines) is 1. The number of rotatable bonds is 6. The summed E-state index contributed by atoms with van der Waals surface area (Å²) in [5, 5.41) is 16.5. The van der Waals surface area contributed by atoms with Crippen LogP contribution >= 0.6 is 0 Å². The zero-order chi connectivity index (χ0) is 18.4. The molecule has 1 aromatic rings. The topological polar surface area (TPSA) is 105 Å². The van der Waals surface area contributed by atoms with Crippen LogP contribution in [0.25, 0.3) is 0 Å². The highest BCUT2D eigenvalue weighted by Crippen LogP contribution is 2.25. The van der Waals surface area contributed by atoms with Gasteiger partial charge in [-0.05, 0) is 31.2 Å². The average molecular weight is 348 g/mol. The number of nitrogens with zero attached hydrogens (tertiary/aromatic N) is 2. The molecule has 3 amide bonds. The van der Waals surface area contributed by atoms with Gasteiger partial charge in [-0.1, -0.05) is 26.0 Å². The van der Waals surface area contributed by atoms with E-state index >= 15 is 0 Å². The van der Waals surface area contributed by atoms with Gasteiger partial charge in [0, 0.05) is 19.2 Å². The van der Waals surface area contributed by atoms with Gasteiger partial charge in [-0.25, -0.2) is 4.79 Å². The van der Waals surface area contributed by atoms with Crippen molar-refractivity contribution < 1.29 is 14.5 Å². The number of para-hydroxylation sites is 2. The molecule has 1 heterocycles. The van der Waals surface area contributed by atoms with Gasteiger partial charge in [-0.2, -0.15) is 0 Å². The van der Waals surface area contributed by atoms with Crippen molar-refractivity contribution in [1.29, 1.82) is 0 Å². The Morgan fingerprint density at radius 3 is 2.76 bits per heavy atom. The van der Waals surface area contributed by atoms with E-state index in [1.807, 2.05) is 0 Å². The Hall–Kier alpha value is -2.64. The molecule has 1 atom stereocenters. The molecule has 0 radical (unpaired) electrons. The lowest BCUT2D eigenvalue weighted by molar-refractivity contribution is -0.383. The maximum Gasteiger partial charge on any atom is 0.322 e. The van der Waals surface area contributed by atoms with E-state index in [0.29, 0.717) is 25.4 Å². The number of anilines is 1. The second-order valence-electron chi connectivity index (χ2n) is 6.53. The first kappa shape index (κ1) is 18.7. The summed E-state index contributed by atoms with van der Waals surface area (Å²) in [7, 11) is 0. The van der Waals surface area contributed by atoms with Crippen molar-refractivity contribution in [2.45, 2.75) is 39.2 Å². The molecule has 25 heavy (non-hydrogen) atoms. The van der Waals surface area contributed by atoms with Crippen LogP contribution in [0.1, 0.15) is 33.1 Å². The summed E-state index contributed by atoms with van der Waals surface area (Å²) in [6, 6.07) is 4.93. The van der Waals surface area contributed by atoms with Crippen LogP contribution in [0.5, 0.6) is 0 Å². The molecule has 1 aromatic carbocycles. The Balaban J connectivity index is 2.01. The van der Waals surface area contributed by atoms with Crippen molar-refractivity contribution in [1.82, 2.24) is 10.2 Å². The third kappa shape index (κ3) is 4.91. The van der Waals surface area contributed by atoms with Gasteiger partial charge in [-0.15, -0.1) is 0 Å². The molecule has 1 aliphatic rings. The number of nitrogens with one attached hydrogen (secondary N) is 2. The van der Waals surface area contributed by atoms with Gasteiger partial charge in [0.25, 0.3) is 5.69 Å². The first-order chi connectivity index (χ1) is 11.9. The minimum absolute atomic E-state index is 0.128. The van der Waals surface area contributed by atoms with Crippen molar-refractivity contribution in [3.8, 4) is 0 Å². The molecule has 0 aromatic heterocycles. The molecule has 1 aliphatic heterocycles. The number of amides is 3. The highest BCUT2D eigenvalue weighted by Gasteiger charge is 2.34. The molecule has 0 spiro atoms. The van der Waals surface area contributed by atoms with Crippen LogP contribution in [0, 0.1) is 16.0 Å². The highest BCUT2D eigenvalue weighted by molar-refractivity contribution is 5.95. The molecule has 8 nitrogen and oxygen atoms in total. The van der Waals surface area contributed by atoms with E-state index in [9.17, 15) is 19.7 Å². The third-order valence-electron chi connectivity index (χ3n) is 4.18. The molecule has 0 bridgehead atoms. The Morgan fingerprint density at radius 1 is 1.36 bits per heavy atom. The number of hydrogen-bond acceptors (Lipinski definition) is 4. The molecule has 2 rings (SSSR count). The summed E-state index contributed by atoms with van der Waals surface area (Å²) in [5.74, 6) is 0.317. The summed E-state index contributed by atoms with van der Waals surface area (Å²) < 4.78 is 0. The van der Waals surface area contributed by atoms with E-state index in [0.717, 1.165) is 12.8 Å². The number of carbonyl (C=O) groups excluding carboxylic acids is 2. The Labute approximate surface area is 146 Å². The minimum atomic E-state index is -0.546. The SMILES string of the molecule is CC(C)CCNC(=O)[C@H]1CCCN1C(=O)Nc1ccccc1[N+](=O)[O-]. The monoisotopic (exact) mass is 348 g/mol. The van der Waals surface area contributed by atoms with Gasteiger partial charge >= 0.3 is 6.03 Å². The Morgan fingerprint density at radius 2 is 2.08 bits per heavy atom. The van der Waals surface area contributed by atoms with Crippen LogP contribution in [0.4, 0.5) is 16.2 Å². The summed E-state index contributed by atoms with van der Waals surface area (Å²) in [5.41, 5.74) is -0.0450. The molecule has 8 heteroatoms. The lowest BCUT2D eigenvalue weighted by Crippen LogP contribution is -2.47. The van der Waals surface area contributed by atoms with Crippen LogP contribution in [0.3, 0.4) is 0 Å². The first-order valence-corrected chi connectivity index (χ1v) is 8.49. The van der Waals surface area contributed by atoms with E-state index in [-0.39, 0.29) is 17.3 Å². The lowest BCUT2D eigenvalue weighted by Gasteiger charge is -2.24. The van der Waals surface area contributed by atoms with E-state index in [1.165, 1.54) is 23.1 Å². The average Bonchev–Trinajstić information content (AvgIpc) is 3.04. The fourth-order valence-electron chi connectivity index (χ4n) is 2.81. The van der Waals surface area contributed by atoms with E-state index < -0.39 is 17.0 Å². The largest absolute Gasteiger partial charge is 0.354 e. The standard InChI is InChI=1S/C17H24N4O4/c1-12(2)9-10-18-16(22)15-8-5-11-20(15)17(23)19-13-6-3-4-7-14(13)21(24)25/h3-4,6-7,12,15H,5,8-11H2,1-2H3,(H,18,22)(H,19,23)/t15-/m1/s1.